The largest absolute Gasteiger partial charge is 0.389 e. The van der Waals surface area contributed by atoms with E-state index in [2.05, 4.69) is 0 Å². The molecule has 0 saturated carbocycles. The summed E-state index contributed by atoms with van der Waals surface area (Å²) in [5.41, 5.74) is 1.16. The second kappa shape index (κ2) is 6.96. The van der Waals surface area contributed by atoms with Crippen LogP contribution in [0, 0.1) is 0 Å². The van der Waals surface area contributed by atoms with Gasteiger partial charge in [0.1, 0.15) is 0 Å². The van der Waals surface area contributed by atoms with E-state index in [1.807, 2.05) is 30.3 Å². The Balaban J connectivity index is 1.98. The first-order valence-electron chi connectivity index (χ1n) is 7.35. The molecule has 1 heterocycles. The molecule has 21 heavy (non-hydrogen) atoms. The molecule has 5 heteroatoms. The summed E-state index contributed by atoms with van der Waals surface area (Å²) < 4.78 is 36.7. The Hall–Kier alpha value is -1.52. The number of nitrogens with zero attached hydrogens (tertiary/aromatic N) is 1. The number of carbonyl (C=O) groups excluding carboxylic acids is 1. The van der Waals surface area contributed by atoms with Crippen LogP contribution in [0.5, 0.6) is 0 Å². The van der Waals surface area contributed by atoms with Crippen LogP contribution < -0.4 is 0 Å². The molecule has 0 N–H and O–H groups in total. The van der Waals surface area contributed by atoms with E-state index in [0.717, 1.165) is 24.8 Å². The zero-order chi connectivity index (χ0) is 15.3. The smallest absolute Gasteiger partial charge is 0.342 e. The highest BCUT2D eigenvalue weighted by Gasteiger charge is 2.30. The molecule has 0 bridgehead atoms. The van der Waals surface area contributed by atoms with Gasteiger partial charge >= 0.3 is 6.18 Å². The van der Waals surface area contributed by atoms with Gasteiger partial charge in [0.15, 0.2) is 0 Å². The fourth-order valence-electron chi connectivity index (χ4n) is 2.77. The third kappa shape index (κ3) is 5.06. The van der Waals surface area contributed by atoms with Gasteiger partial charge in [-0.25, -0.2) is 0 Å². The van der Waals surface area contributed by atoms with Gasteiger partial charge in [0, 0.05) is 25.4 Å². The summed E-state index contributed by atoms with van der Waals surface area (Å²) in [6.45, 7) is 1.10. The Kier molecular flexibility index (Phi) is 5.26. The highest BCUT2D eigenvalue weighted by Crippen LogP contribution is 2.28. The summed E-state index contributed by atoms with van der Waals surface area (Å²) in [5, 5.41) is 0. The summed E-state index contributed by atoms with van der Waals surface area (Å²) >= 11 is 0. The maximum atomic E-state index is 12.2. The van der Waals surface area contributed by atoms with Crippen LogP contribution in [0.15, 0.2) is 30.3 Å². The van der Waals surface area contributed by atoms with Gasteiger partial charge in [-0.3, -0.25) is 4.79 Å². The number of alkyl halides is 3. The molecule has 1 amide bonds. The molecule has 1 aliphatic heterocycles. The van der Waals surface area contributed by atoms with Gasteiger partial charge < -0.3 is 4.90 Å². The molecule has 1 unspecified atom stereocenters. The Morgan fingerprint density at radius 1 is 1.19 bits per heavy atom. The topological polar surface area (TPSA) is 20.3 Å². The van der Waals surface area contributed by atoms with Crippen LogP contribution >= 0.6 is 0 Å². The number of hydrogen-bond acceptors (Lipinski definition) is 1. The second-order valence-corrected chi connectivity index (χ2v) is 5.56. The van der Waals surface area contributed by atoms with Crippen molar-refractivity contribution in [3.8, 4) is 0 Å². The molecule has 0 spiro atoms. The van der Waals surface area contributed by atoms with Crippen molar-refractivity contribution in [1.82, 2.24) is 4.90 Å². The van der Waals surface area contributed by atoms with E-state index < -0.39 is 19.0 Å². The lowest BCUT2D eigenvalue weighted by Crippen LogP contribution is -2.34. The van der Waals surface area contributed by atoms with Crippen LogP contribution in [0.2, 0.25) is 0 Å². The van der Waals surface area contributed by atoms with Crippen LogP contribution in [0.4, 0.5) is 13.2 Å². The van der Waals surface area contributed by atoms with E-state index in [1.165, 1.54) is 0 Å². The van der Waals surface area contributed by atoms with Crippen LogP contribution in [0.3, 0.4) is 0 Å². The number of halogens is 3. The highest BCUT2D eigenvalue weighted by atomic mass is 19.4. The fourth-order valence-corrected chi connectivity index (χ4v) is 2.77. The van der Waals surface area contributed by atoms with E-state index in [1.54, 1.807) is 4.90 Å². The molecule has 116 valence electrons. The van der Waals surface area contributed by atoms with Crippen LogP contribution in [-0.4, -0.2) is 30.1 Å². The average Bonchev–Trinajstić information content (AvgIpc) is 2.71. The molecule has 1 fully saturated rings. The van der Waals surface area contributed by atoms with Crippen molar-refractivity contribution in [1.29, 1.82) is 0 Å². The normalized spacial score (nSPS) is 20.1. The maximum absolute atomic E-state index is 12.2. The van der Waals surface area contributed by atoms with E-state index in [-0.39, 0.29) is 11.8 Å². The molecule has 2 nitrogen and oxygen atoms in total. The van der Waals surface area contributed by atoms with Crippen LogP contribution in [0.25, 0.3) is 0 Å². The van der Waals surface area contributed by atoms with Crippen molar-refractivity contribution in [3.63, 3.8) is 0 Å². The molecule has 2 rings (SSSR count). The first-order valence-corrected chi connectivity index (χ1v) is 7.35. The van der Waals surface area contributed by atoms with Crippen LogP contribution in [-0.2, 0) is 4.79 Å². The van der Waals surface area contributed by atoms with Crippen molar-refractivity contribution >= 4 is 5.91 Å². The Morgan fingerprint density at radius 2 is 1.90 bits per heavy atom. The van der Waals surface area contributed by atoms with Crippen LogP contribution in [0.1, 0.15) is 43.6 Å². The number of hydrogen-bond donors (Lipinski definition) is 0. The molecule has 1 aromatic rings. The van der Waals surface area contributed by atoms with Gasteiger partial charge in [-0.2, -0.15) is 13.2 Å². The predicted molar refractivity (Wildman–Crippen MR) is 74.9 cm³/mol. The molecule has 1 atom stereocenters. The first kappa shape index (κ1) is 15.9. The van der Waals surface area contributed by atoms with E-state index in [9.17, 15) is 18.0 Å². The molecule has 1 saturated heterocycles. The second-order valence-electron chi connectivity index (χ2n) is 5.56. The molecule has 0 aliphatic carbocycles. The summed E-state index contributed by atoms with van der Waals surface area (Å²) in [5.74, 6) is -0.154. The van der Waals surface area contributed by atoms with E-state index in [0.29, 0.717) is 13.1 Å². The molecule has 0 aromatic heterocycles. The van der Waals surface area contributed by atoms with Crippen molar-refractivity contribution in [3.05, 3.63) is 35.9 Å². The standard InChI is InChI=1S/C16H20F3NO/c17-16(18,19)10-9-15(21)20-11-5-4-8-14(12-20)13-6-2-1-3-7-13/h1-3,6-7,14H,4-5,8-12H2. The van der Waals surface area contributed by atoms with Gasteiger partial charge in [0.2, 0.25) is 5.91 Å². The third-order valence-electron chi connectivity index (χ3n) is 3.92. The number of amides is 1. The number of likely N-dealkylation sites (tertiary alicyclic amines) is 1. The first-order chi connectivity index (χ1) is 9.96. The maximum Gasteiger partial charge on any atom is 0.389 e. The lowest BCUT2D eigenvalue weighted by Gasteiger charge is -2.25. The molecule has 1 aliphatic rings. The van der Waals surface area contributed by atoms with E-state index in [4.69, 9.17) is 0 Å². The minimum atomic E-state index is -4.26. The SMILES string of the molecule is O=C(CCC(F)(F)F)N1CCCCC(c2ccccc2)C1. The summed E-state index contributed by atoms with van der Waals surface area (Å²) in [6, 6.07) is 9.89. The van der Waals surface area contributed by atoms with Crippen molar-refractivity contribution in [2.75, 3.05) is 13.1 Å². The summed E-state index contributed by atoms with van der Waals surface area (Å²) in [6.07, 6.45) is -2.89. The predicted octanol–water partition coefficient (Wildman–Crippen LogP) is 4.13. The number of rotatable bonds is 3. The van der Waals surface area contributed by atoms with E-state index >= 15 is 0 Å². The lowest BCUT2D eigenvalue weighted by molar-refractivity contribution is -0.149. The molecule has 1 aromatic carbocycles. The Morgan fingerprint density at radius 3 is 2.57 bits per heavy atom. The Labute approximate surface area is 122 Å². The minimum Gasteiger partial charge on any atom is -0.342 e. The lowest BCUT2D eigenvalue weighted by atomic mass is 9.94. The monoisotopic (exact) mass is 299 g/mol. The van der Waals surface area contributed by atoms with Gasteiger partial charge in [-0.15, -0.1) is 0 Å². The van der Waals surface area contributed by atoms with Crippen molar-refractivity contribution < 1.29 is 18.0 Å². The van der Waals surface area contributed by atoms with Crippen molar-refractivity contribution in [2.45, 2.75) is 44.2 Å². The molecular formula is C16H20F3NO. The highest BCUT2D eigenvalue weighted by molar-refractivity contribution is 5.76. The third-order valence-corrected chi connectivity index (χ3v) is 3.92. The Bertz CT molecular complexity index is 458. The molecular weight excluding hydrogens is 279 g/mol. The fraction of sp³-hybridized carbons (Fsp3) is 0.562. The minimum absolute atomic E-state index is 0.225. The van der Waals surface area contributed by atoms with Gasteiger partial charge in [-0.05, 0) is 18.4 Å². The zero-order valence-corrected chi connectivity index (χ0v) is 11.9. The number of carbonyl (C=O) groups is 1. The van der Waals surface area contributed by atoms with Gasteiger partial charge in [0.05, 0.1) is 6.42 Å². The van der Waals surface area contributed by atoms with Gasteiger partial charge in [-0.1, -0.05) is 36.8 Å². The summed E-state index contributed by atoms with van der Waals surface area (Å²) in [7, 11) is 0. The zero-order valence-electron chi connectivity index (χ0n) is 11.9. The summed E-state index contributed by atoms with van der Waals surface area (Å²) in [4.78, 5) is 13.6. The average molecular weight is 299 g/mol. The molecule has 0 radical (unpaired) electrons. The van der Waals surface area contributed by atoms with Gasteiger partial charge in [0.25, 0.3) is 0 Å². The quantitative estimate of drug-likeness (QED) is 0.822. The van der Waals surface area contributed by atoms with Crippen molar-refractivity contribution in [2.24, 2.45) is 0 Å². The number of benzene rings is 1.